The Bertz CT molecular complexity index is 563. The van der Waals surface area contributed by atoms with Gasteiger partial charge in [-0.2, -0.15) is 0 Å². The van der Waals surface area contributed by atoms with Crippen LogP contribution in [0, 0.1) is 0 Å². The zero-order valence-electron chi connectivity index (χ0n) is 7.92. The highest BCUT2D eigenvalue weighted by Gasteiger charge is 2.02. The van der Waals surface area contributed by atoms with E-state index in [-0.39, 0.29) is 0 Å². The molecule has 0 aliphatic carbocycles. The third kappa shape index (κ3) is 1.41. The van der Waals surface area contributed by atoms with E-state index in [0.717, 1.165) is 5.56 Å². The Morgan fingerprint density at radius 3 is 2.60 bits per heavy atom. The van der Waals surface area contributed by atoms with Gasteiger partial charge in [-0.25, -0.2) is 0 Å². The number of benzene rings is 1. The molecule has 0 spiro atoms. The van der Waals surface area contributed by atoms with Crippen molar-refractivity contribution in [2.45, 2.75) is 0 Å². The molecule has 0 aliphatic heterocycles. The Hall–Kier alpha value is -1.74. The molecule has 0 amide bonds. The van der Waals surface area contributed by atoms with E-state index in [9.17, 15) is 5.11 Å². The van der Waals surface area contributed by atoms with Gasteiger partial charge in [-0.05, 0) is 23.8 Å². The van der Waals surface area contributed by atoms with Crippen LogP contribution in [-0.4, -0.2) is 9.51 Å². The molecule has 1 aromatic carbocycles. The Morgan fingerprint density at radius 2 is 1.87 bits per heavy atom. The molecule has 3 aromatic rings. The molecule has 15 heavy (non-hydrogen) atoms. The fourth-order valence-electron chi connectivity index (χ4n) is 1.65. The van der Waals surface area contributed by atoms with Gasteiger partial charge in [-0.3, -0.25) is 0 Å². The van der Waals surface area contributed by atoms with E-state index in [1.165, 1.54) is 10.4 Å². The van der Waals surface area contributed by atoms with Gasteiger partial charge in [-0.1, -0.05) is 12.1 Å². The van der Waals surface area contributed by atoms with Crippen molar-refractivity contribution in [3.05, 3.63) is 48.1 Å². The van der Waals surface area contributed by atoms with Crippen molar-refractivity contribution in [2.24, 2.45) is 0 Å². The average Bonchev–Trinajstić information content (AvgIpc) is 2.78. The molecule has 0 bridgehead atoms. The van der Waals surface area contributed by atoms with Crippen LogP contribution in [0.4, 0.5) is 0 Å². The quantitative estimate of drug-likeness (QED) is 0.661. The monoisotopic (exact) mass is 215 g/mol. The minimum absolute atomic E-state index is 0.305. The van der Waals surface area contributed by atoms with Crippen LogP contribution in [-0.2, 0) is 0 Å². The molecule has 2 nitrogen and oxygen atoms in total. The van der Waals surface area contributed by atoms with Crippen LogP contribution in [0.15, 0.2) is 48.1 Å². The molecule has 2 aromatic heterocycles. The van der Waals surface area contributed by atoms with Crippen LogP contribution in [0.2, 0.25) is 0 Å². The summed E-state index contributed by atoms with van der Waals surface area (Å²) in [4.78, 5) is 1.23. The molecular formula is C12H9NOS. The summed E-state index contributed by atoms with van der Waals surface area (Å²) in [6.45, 7) is 0. The van der Waals surface area contributed by atoms with Crippen molar-refractivity contribution in [3.8, 4) is 16.9 Å². The molecule has 0 radical (unpaired) electrons. The van der Waals surface area contributed by atoms with Gasteiger partial charge < -0.3 is 9.51 Å². The highest BCUT2D eigenvalue weighted by molar-refractivity contribution is 7.15. The van der Waals surface area contributed by atoms with E-state index in [1.54, 1.807) is 23.5 Å². The lowest BCUT2D eigenvalue weighted by Crippen LogP contribution is -1.73. The number of rotatable bonds is 1. The molecule has 3 heteroatoms. The van der Waals surface area contributed by atoms with Gasteiger partial charge in [0.15, 0.2) is 0 Å². The number of phenols is 1. The summed E-state index contributed by atoms with van der Waals surface area (Å²) in [5.41, 5.74) is 2.31. The number of hydrogen-bond acceptors (Lipinski definition) is 2. The van der Waals surface area contributed by atoms with Gasteiger partial charge in [0.25, 0.3) is 0 Å². The first-order valence-corrected chi connectivity index (χ1v) is 5.55. The first-order valence-electron chi connectivity index (χ1n) is 4.67. The number of aromatic hydroxyl groups is 1. The summed E-state index contributed by atoms with van der Waals surface area (Å²) in [5, 5.41) is 11.3. The van der Waals surface area contributed by atoms with E-state index in [4.69, 9.17) is 0 Å². The first kappa shape index (κ1) is 8.56. The molecule has 1 N–H and O–H groups in total. The predicted octanol–water partition coefficient (Wildman–Crippen LogP) is 3.37. The lowest BCUT2D eigenvalue weighted by Gasteiger charge is -1.96. The number of fused-ring (bicyclic) bond motifs is 1. The average molecular weight is 215 g/mol. The van der Waals surface area contributed by atoms with Crippen LogP contribution in [0.3, 0.4) is 0 Å². The van der Waals surface area contributed by atoms with Crippen LogP contribution in [0.5, 0.6) is 5.75 Å². The molecular weight excluding hydrogens is 206 g/mol. The normalized spacial score (nSPS) is 10.9. The number of aromatic nitrogens is 1. The van der Waals surface area contributed by atoms with Gasteiger partial charge in [0.1, 0.15) is 5.75 Å². The molecule has 0 unspecified atom stereocenters. The number of hydrogen-bond donors (Lipinski definition) is 1. The molecule has 2 heterocycles. The zero-order chi connectivity index (χ0) is 10.3. The first-order chi connectivity index (χ1) is 7.33. The number of thiazole rings is 1. The van der Waals surface area contributed by atoms with Crippen molar-refractivity contribution in [2.75, 3.05) is 0 Å². The molecule has 0 atom stereocenters. The van der Waals surface area contributed by atoms with Crippen LogP contribution in [0.1, 0.15) is 0 Å². The van der Waals surface area contributed by atoms with Gasteiger partial charge in [-0.15, -0.1) is 11.3 Å². The summed E-state index contributed by atoms with van der Waals surface area (Å²) in [6.07, 6.45) is 4.14. The Morgan fingerprint density at radius 1 is 1.07 bits per heavy atom. The molecule has 0 aliphatic rings. The van der Waals surface area contributed by atoms with Crippen molar-refractivity contribution < 1.29 is 5.11 Å². The van der Waals surface area contributed by atoms with E-state index < -0.39 is 0 Å². The third-order valence-corrected chi connectivity index (χ3v) is 3.25. The molecule has 0 fully saturated rings. The second kappa shape index (κ2) is 3.14. The van der Waals surface area contributed by atoms with Gasteiger partial charge in [0.05, 0.1) is 4.83 Å². The van der Waals surface area contributed by atoms with Crippen LogP contribution in [0.25, 0.3) is 16.0 Å². The van der Waals surface area contributed by atoms with Gasteiger partial charge >= 0.3 is 0 Å². The van der Waals surface area contributed by atoms with E-state index in [1.807, 2.05) is 18.3 Å². The lowest BCUT2D eigenvalue weighted by molar-refractivity contribution is 0.475. The fraction of sp³-hybridized carbons (Fsp3) is 0. The van der Waals surface area contributed by atoms with Gasteiger partial charge in [0, 0.05) is 23.3 Å². The lowest BCUT2D eigenvalue weighted by atomic mass is 10.1. The van der Waals surface area contributed by atoms with E-state index in [0.29, 0.717) is 5.75 Å². The molecule has 0 saturated carbocycles. The summed E-state index contributed by atoms with van der Waals surface area (Å²) in [5.74, 6) is 0.305. The second-order valence-corrected chi connectivity index (χ2v) is 4.35. The highest BCUT2D eigenvalue weighted by Crippen LogP contribution is 2.26. The van der Waals surface area contributed by atoms with Crippen molar-refractivity contribution in [1.82, 2.24) is 4.40 Å². The van der Waals surface area contributed by atoms with E-state index >= 15 is 0 Å². The molecule has 74 valence electrons. The molecule has 0 saturated heterocycles. The fourth-order valence-corrected chi connectivity index (χ4v) is 2.41. The van der Waals surface area contributed by atoms with Crippen LogP contribution < -0.4 is 0 Å². The van der Waals surface area contributed by atoms with Crippen molar-refractivity contribution in [3.63, 3.8) is 0 Å². The minimum Gasteiger partial charge on any atom is -0.508 e. The zero-order valence-corrected chi connectivity index (χ0v) is 8.74. The summed E-state index contributed by atoms with van der Waals surface area (Å²) >= 11 is 1.72. The topological polar surface area (TPSA) is 24.6 Å². The predicted molar refractivity (Wildman–Crippen MR) is 62.4 cm³/mol. The number of phenolic OH excluding ortho intramolecular Hbond substituents is 1. The Labute approximate surface area is 91.0 Å². The largest absolute Gasteiger partial charge is 0.508 e. The smallest absolute Gasteiger partial charge is 0.115 e. The van der Waals surface area contributed by atoms with Gasteiger partial charge in [0.2, 0.25) is 0 Å². The SMILES string of the molecule is Oc1ccc(-c2cc3sccn3c2)cc1. The second-order valence-electron chi connectivity index (χ2n) is 3.42. The summed E-state index contributed by atoms with van der Waals surface area (Å²) in [7, 11) is 0. The number of nitrogens with zero attached hydrogens (tertiary/aromatic N) is 1. The summed E-state index contributed by atoms with van der Waals surface area (Å²) < 4.78 is 2.10. The summed E-state index contributed by atoms with van der Waals surface area (Å²) in [6, 6.07) is 9.42. The standard InChI is InChI=1S/C12H9NOS/c14-11-3-1-9(2-4-11)10-7-12-13(8-10)5-6-15-12/h1-8,14H. The van der Waals surface area contributed by atoms with Crippen molar-refractivity contribution >= 4 is 16.2 Å². The maximum atomic E-state index is 9.20. The molecule has 3 rings (SSSR count). The van der Waals surface area contributed by atoms with Crippen molar-refractivity contribution in [1.29, 1.82) is 0 Å². The van der Waals surface area contributed by atoms with E-state index in [2.05, 4.69) is 22.0 Å². The maximum Gasteiger partial charge on any atom is 0.115 e. The Kier molecular flexibility index (Phi) is 1.79. The van der Waals surface area contributed by atoms with Crippen LogP contribution >= 0.6 is 11.3 Å². The minimum atomic E-state index is 0.305. The maximum absolute atomic E-state index is 9.20. The highest BCUT2D eigenvalue weighted by atomic mass is 32.1. The third-order valence-electron chi connectivity index (χ3n) is 2.42. The Balaban J connectivity index is 2.13.